The molecule has 0 aliphatic carbocycles. The highest BCUT2D eigenvalue weighted by molar-refractivity contribution is 6.02. The summed E-state index contributed by atoms with van der Waals surface area (Å²) in [6.45, 7) is 1.89. The third-order valence-corrected chi connectivity index (χ3v) is 2.40. The summed E-state index contributed by atoms with van der Waals surface area (Å²) in [7, 11) is 0. The van der Waals surface area contributed by atoms with Crippen LogP contribution in [0.2, 0.25) is 0 Å². The highest BCUT2D eigenvalue weighted by Crippen LogP contribution is 2.07. The van der Waals surface area contributed by atoms with E-state index in [1.54, 1.807) is 12.3 Å². The first-order valence-corrected chi connectivity index (χ1v) is 5.49. The first-order chi connectivity index (χ1) is 9.06. The second-order valence-electron chi connectivity index (χ2n) is 3.91. The van der Waals surface area contributed by atoms with E-state index in [4.69, 9.17) is 5.11 Å². The molecule has 0 bridgehead atoms. The molecule has 0 aliphatic rings. The molecule has 0 spiro atoms. The number of hydrogen-bond acceptors (Lipinski definition) is 4. The van der Waals surface area contributed by atoms with Crippen LogP contribution in [0.15, 0.2) is 36.7 Å². The number of rotatable bonds is 3. The SMILES string of the molecule is Cc1ccc(NC(=O)c2ccc(C(=O)O)cn2)nc1. The summed E-state index contributed by atoms with van der Waals surface area (Å²) in [4.78, 5) is 30.3. The van der Waals surface area contributed by atoms with Crippen LogP contribution in [-0.4, -0.2) is 27.0 Å². The maximum Gasteiger partial charge on any atom is 0.337 e. The fourth-order valence-electron chi connectivity index (χ4n) is 1.38. The summed E-state index contributed by atoms with van der Waals surface area (Å²) >= 11 is 0. The van der Waals surface area contributed by atoms with Crippen molar-refractivity contribution in [3.8, 4) is 0 Å². The third-order valence-electron chi connectivity index (χ3n) is 2.40. The lowest BCUT2D eigenvalue weighted by atomic mass is 10.2. The maximum absolute atomic E-state index is 11.8. The van der Waals surface area contributed by atoms with Crippen LogP contribution in [-0.2, 0) is 0 Å². The number of anilines is 1. The first kappa shape index (κ1) is 12.7. The maximum atomic E-state index is 11.8. The summed E-state index contributed by atoms with van der Waals surface area (Å²) in [5, 5.41) is 11.3. The minimum absolute atomic E-state index is 0.0324. The Labute approximate surface area is 109 Å². The molecule has 0 radical (unpaired) electrons. The zero-order chi connectivity index (χ0) is 13.8. The molecule has 19 heavy (non-hydrogen) atoms. The van der Waals surface area contributed by atoms with Crippen LogP contribution in [0, 0.1) is 6.92 Å². The normalized spacial score (nSPS) is 9.95. The van der Waals surface area contributed by atoms with E-state index in [2.05, 4.69) is 15.3 Å². The van der Waals surface area contributed by atoms with Crippen molar-refractivity contribution in [3.05, 3.63) is 53.5 Å². The van der Waals surface area contributed by atoms with Crippen LogP contribution in [0.3, 0.4) is 0 Å². The van der Waals surface area contributed by atoms with Crippen LogP contribution in [0.1, 0.15) is 26.4 Å². The van der Waals surface area contributed by atoms with Crippen molar-refractivity contribution in [1.29, 1.82) is 0 Å². The van der Waals surface area contributed by atoms with Crippen molar-refractivity contribution in [2.24, 2.45) is 0 Å². The number of carbonyl (C=O) groups excluding carboxylic acids is 1. The molecule has 1 amide bonds. The molecule has 0 aliphatic heterocycles. The summed E-state index contributed by atoms with van der Waals surface area (Å²) in [6, 6.07) is 6.18. The van der Waals surface area contributed by atoms with Gasteiger partial charge in [-0.2, -0.15) is 0 Å². The summed E-state index contributed by atoms with van der Waals surface area (Å²) in [6.07, 6.45) is 2.77. The van der Waals surface area contributed by atoms with Crippen molar-refractivity contribution in [3.63, 3.8) is 0 Å². The Balaban J connectivity index is 2.11. The highest BCUT2D eigenvalue weighted by Gasteiger charge is 2.10. The van der Waals surface area contributed by atoms with E-state index in [-0.39, 0.29) is 11.3 Å². The number of amides is 1. The van der Waals surface area contributed by atoms with E-state index in [1.165, 1.54) is 12.1 Å². The quantitative estimate of drug-likeness (QED) is 0.873. The number of carbonyl (C=O) groups is 2. The van der Waals surface area contributed by atoms with E-state index in [0.717, 1.165) is 11.8 Å². The van der Waals surface area contributed by atoms with Gasteiger partial charge in [-0.25, -0.2) is 9.78 Å². The van der Waals surface area contributed by atoms with Gasteiger partial charge in [0, 0.05) is 12.4 Å². The Morgan fingerprint density at radius 3 is 2.42 bits per heavy atom. The van der Waals surface area contributed by atoms with Gasteiger partial charge >= 0.3 is 5.97 Å². The standard InChI is InChI=1S/C13H11N3O3/c1-8-2-5-11(15-6-8)16-12(17)10-4-3-9(7-14-10)13(18)19/h2-7H,1H3,(H,18,19)(H,15,16,17). The van der Waals surface area contributed by atoms with E-state index in [1.807, 2.05) is 13.0 Å². The van der Waals surface area contributed by atoms with Crippen molar-refractivity contribution >= 4 is 17.7 Å². The zero-order valence-electron chi connectivity index (χ0n) is 10.1. The van der Waals surface area contributed by atoms with Gasteiger partial charge in [0.15, 0.2) is 0 Å². The molecule has 0 aromatic carbocycles. The van der Waals surface area contributed by atoms with Gasteiger partial charge in [-0.05, 0) is 30.7 Å². The molecule has 2 N–H and O–H groups in total. The summed E-state index contributed by atoms with van der Waals surface area (Å²) in [5.74, 6) is -1.10. The number of pyridine rings is 2. The molecule has 6 nitrogen and oxygen atoms in total. The van der Waals surface area contributed by atoms with Gasteiger partial charge in [-0.1, -0.05) is 6.07 Å². The van der Waals surface area contributed by atoms with E-state index in [9.17, 15) is 9.59 Å². The molecule has 0 atom stereocenters. The van der Waals surface area contributed by atoms with Crippen LogP contribution < -0.4 is 5.32 Å². The largest absolute Gasteiger partial charge is 0.478 e. The molecule has 6 heteroatoms. The van der Waals surface area contributed by atoms with Crippen molar-refractivity contribution in [1.82, 2.24) is 9.97 Å². The zero-order valence-corrected chi connectivity index (χ0v) is 10.1. The van der Waals surface area contributed by atoms with Crippen molar-refractivity contribution in [2.75, 3.05) is 5.32 Å². The number of nitrogens with zero attached hydrogens (tertiary/aromatic N) is 2. The lowest BCUT2D eigenvalue weighted by Gasteiger charge is -2.04. The van der Waals surface area contributed by atoms with Gasteiger partial charge < -0.3 is 10.4 Å². The van der Waals surface area contributed by atoms with Crippen LogP contribution >= 0.6 is 0 Å². The number of aromatic carboxylic acids is 1. The molecular formula is C13H11N3O3. The second-order valence-corrected chi connectivity index (χ2v) is 3.91. The van der Waals surface area contributed by atoms with E-state index < -0.39 is 11.9 Å². The minimum atomic E-state index is -1.08. The monoisotopic (exact) mass is 257 g/mol. The second kappa shape index (κ2) is 5.26. The summed E-state index contributed by atoms with van der Waals surface area (Å²) in [5.41, 5.74) is 1.15. The van der Waals surface area contributed by atoms with E-state index in [0.29, 0.717) is 5.82 Å². The Hall–Kier alpha value is -2.76. The fraction of sp³-hybridized carbons (Fsp3) is 0.0769. The van der Waals surface area contributed by atoms with Gasteiger partial charge in [-0.3, -0.25) is 9.78 Å². The molecule has 0 unspecified atom stereocenters. The first-order valence-electron chi connectivity index (χ1n) is 5.49. The lowest BCUT2D eigenvalue weighted by Crippen LogP contribution is -2.15. The van der Waals surface area contributed by atoms with Gasteiger partial charge in [0.05, 0.1) is 5.56 Å². The van der Waals surface area contributed by atoms with Crippen LogP contribution in [0.4, 0.5) is 5.82 Å². The Bertz CT molecular complexity index is 606. The van der Waals surface area contributed by atoms with Crippen molar-refractivity contribution in [2.45, 2.75) is 6.92 Å². The van der Waals surface area contributed by atoms with Crippen LogP contribution in [0.5, 0.6) is 0 Å². The number of aryl methyl sites for hydroxylation is 1. The average Bonchev–Trinajstić information content (AvgIpc) is 2.41. The van der Waals surface area contributed by atoms with Gasteiger partial charge in [0.1, 0.15) is 11.5 Å². The van der Waals surface area contributed by atoms with Crippen molar-refractivity contribution < 1.29 is 14.7 Å². The molecule has 0 saturated carbocycles. The number of nitrogens with one attached hydrogen (secondary N) is 1. The molecule has 0 saturated heterocycles. The van der Waals surface area contributed by atoms with Crippen LogP contribution in [0.25, 0.3) is 0 Å². The molecule has 2 heterocycles. The van der Waals surface area contributed by atoms with E-state index >= 15 is 0 Å². The van der Waals surface area contributed by atoms with Gasteiger partial charge in [0.2, 0.25) is 0 Å². The molecule has 0 fully saturated rings. The molecule has 2 aromatic rings. The fourth-order valence-corrected chi connectivity index (χ4v) is 1.38. The lowest BCUT2D eigenvalue weighted by molar-refractivity contribution is 0.0696. The number of carboxylic acid groups (broad SMARTS) is 1. The minimum Gasteiger partial charge on any atom is -0.478 e. The number of aromatic nitrogens is 2. The number of hydrogen-bond donors (Lipinski definition) is 2. The number of carboxylic acids is 1. The predicted octanol–water partition coefficient (Wildman–Crippen LogP) is 1.74. The molecule has 2 rings (SSSR count). The Morgan fingerprint density at radius 2 is 1.89 bits per heavy atom. The molecule has 96 valence electrons. The van der Waals surface area contributed by atoms with Gasteiger partial charge in [0.25, 0.3) is 5.91 Å². The molecule has 2 aromatic heterocycles. The third kappa shape index (κ3) is 3.12. The molecular weight excluding hydrogens is 246 g/mol. The summed E-state index contributed by atoms with van der Waals surface area (Å²) < 4.78 is 0. The highest BCUT2D eigenvalue weighted by atomic mass is 16.4. The topological polar surface area (TPSA) is 92.2 Å². The average molecular weight is 257 g/mol. The van der Waals surface area contributed by atoms with Gasteiger partial charge in [-0.15, -0.1) is 0 Å². The Kier molecular flexibility index (Phi) is 3.51. The predicted molar refractivity (Wildman–Crippen MR) is 68.1 cm³/mol. The smallest absolute Gasteiger partial charge is 0.337 e. The Morgan fingerprint density at radius 1 is 1.11 bits per heavy atom.